The Morgan fingerprint density at radius 3 is 1.29 bits per heavy atom. The molecule has 0 rings (SSSR count). The van der Waals surface area contributed by atoms with Crippen molar-refractivity contribution in [2.24, 2.45) is 0 Å². The number of rotatable bonds is 19. The molecule has 0 aromatic rings. The summed E-state index contributed by atoms with van der Waals surface area (Å²) in [5.41, 5.74) is 0. The predicted octanol–water partition coefficient (Wildman–Crippen LogP) is 6.64. The maximum absolute atomic E-state index is 8.91. The third-order valence-corrected chi connectivity index (χ3v) is 4.80. The van der Waals surface area contributed by atoms with Gasteiger partial charge in [0.05, 0.1) is 6.61 Å². The number of hydrogen-bond acceptors (Lipinski definition) is 2. The number of aliphatic hydroxyl groups is 1. The molecule has 0 radical (unpaired) electrons. The largest absolute Gasteiger partial charge is 0.395 e. The van der Waals surface area contributed by atoms with Crippen LogP contribution in [-0.2, 0) is 0 Å². The average molecular weight is 364 g/mol. The van der Waals surface area contributed by atoms with Crippen molar-refractivity contribution in [2.45, 2.75) is 123 Å². The summed E-state index contributed by atoms with van der Waals surface area (Å²) in [6.45, 7) is 5.63. The Labute approximate surface area is 159 Å². The molecule has 0 aliphatic heterocycles. The topological polar surface area (TPSA) is 32.3 Å². The van der Waals surface area contributed by atoms with Gasteiger partial charge in [0.1, 0.15) is 0 Å². The van der Waals surface area contributed by atoms with Crippen LogP contribution in [0.1, 0.15) is 117 Å². The summed E-state index contributed by atoms with van der Waals surface area (Å²) in [6, 6.07) is 0.256. The molecule has 1 atom stereocenters. The molecule has 0 aliphatic rings. The number of unbranched alkanes of at least 4 members (excludes halogenated alkanes) is 15. The Hall–Kier alpha value is 0.210. The van der Waals surface area contributed by atoms with Crippen LogP contribution < -0.4 is 5.32 Å². The fraction of sp³-hybridized carbons (Fsp3) is 1.00. The van der Waals surface area contributed by atoms with E-state index < -0.39 is 0 Å². The highest BCUT2D eigenvalue weighted by molar-refractivity contribution is 5.85. The van der Waals surface area contributed by atoms with Crippen molar-refractivity contribution >= 4 is 12.4 Å². The number of halogens is 1. The monoisotopic (exact) mass is 363 g/mol. The summed E-state index contributed by atoms with van der Waals surface area (Å²) in [5.74, 6) is 0. The average Bonchev–Trinajstić information content (AvgIpc) is 2.57. The molecule has 0 heterocycles. The smallest absolute Gasteiger partial charge is 0.0581 e. The van der Waals surface area contributed by atoms with Gasteiger partial charge < -0.3 is 10.4 Å². The van der Waals surface area contributed by atoms with Gasteiger partial charge in [-0.15, -0.1) is 12.4 Å². The molecule has 0 aliphatic carbocycles. The third-order valence-electron chi connectivity index (χ3n) is 4.80. The van der Waals surface area contributed by atoms with Gasteiger partial charge in [-0.05, 0) is 19.9 Å². The van der Waals surface area contributed by atoms with Crippen molar-refractivity contribution in [2.75, 3.05) is 13.2 Å². The summed E-state index contributed by atoms with van der Waals surface area (Å²) in [6.07, 6.45) is 22.7. The normalized spacial score (nSPS) is 12.1. The van der Waals surface area contributed by atoms with Crippen LogP contribution in [0.5, 0.6) is 0 Å². The van der Waals surface area contributed by atoms with Crippen LogP contribution in [0.25, 0.3) is 0 Å². The minimum Gasteiger partial charge on any atom is -0.395 e. The molecule has 0 aromatic carbocycles. The van der Waals surface area contributed by atoms with Crippen LogP contribution in [0.4, 0.5) is 0 Å². The first-order valence-corrected chi connectivity index (χ1v) is 10.7. The minimum absolute atomic E-state index is 0. The molecule has 148 valence electrons. The maximum atomic E-state index is 8.91. The maximum Gasteiger partial charge on any atom is 0.0581 e. The lowest BCUT2D eigenvalue weighted by Gasteiger charge is -2.09. The van der Waals surface area contributed by atoms with Crippen LogP contribution in [0.3, 0.4) is 0 Å². The number of nitrogens with one attached hydrogen (secondary N) is 1. The van der Waals surface area contributed by atoms with Crippen molar-refractivity contribution in [3.8, 4) is 0 Å². The van der Waals surface area contributed by atoms with Gasteiger partial charge >= 0.3 is 0 Å². The van der Waals surface area contributed by atoms with E-state index in [1.54, 1.807) is 0 Å². The van der Waals surface area contributed by atoms with Crippen LogP contribution >= 0.6 is 12.4 Å². The highest BCUT2D eigenvalue weighted by Crippen LogP contribution is 2.13. The molecule has 0 saturated carbocycles. The molecule has 0 amide bonds. The van der Waals surface area contributed by atoms with Crippen LogP contribution in [0.15, 0.2) is 0 Å². The first-order valence-electron chi connectivity index (χ1n) is 10.7. The highest BCUT2D eigenvalue weighted by Gasteiger charge is 1.97. The van der Waals surface area contributed by atoms with Gasteiger partial charge in [-0.1, -0.05) is 103 Å². The molecule has 0 saturated heterocycles. The van der Waals surface area contributed by atoms with Gasteiger partial charge in [-0.2, -0.15) is 0 Å². The van der Waals surface area contributed by atoms with Crippen LogP contribution in [0, 0.1) is 0 Å². The Balaban J connectivity index is 0. The lowest BCUT2D eigenvalue weighted by molar-refractivity contribution is 0.251. The predicted molar refractivity (Wildman–Crippen MR) is 111 cm³/mol. The molecule has 0 bridgehead atoms. The molecule has 0 spiro atoms. The van der Waals surface area contributed by atoms with Gasteiger partial charge in [0.25, 0.3) is 0 Å². The molecular weight excluding hydrogens is 318 g/mol. The first kappa shape index (κ1) is 26.4. The van der Waals surface area contributed by atoms with Crippen LogP contribution in [0.2, 0.25) is 0 Å². The molecule has 0 aromatic heterocycles. The van der Waals surface area contributed by atoms with E-state index in [1.165, 1.54) is 103 Å². The molecule has 2 nitrogen and oxygen atoms in total. The van der Waals surface area contributed by atoms with E-state index in [-0.39, 0.29) is 25.1 Å². The van der Waals surface area contributed by atoms with Crippen molar-refractivity contribution < 1.29 is 5.11 Å². The van der Waals surface area contributed by atoms with Gasteiger partial charge in [0.15, 0.2) is 0 Å². The molecule has 3 heteroatoms. The zero-order chi connectivity index (χ0) is 17.0. The van der Waals surface area contributed by atoms with Crippen molar-refractivity contribution in [3.63, 3.8) is 0 Å². The Kier molecular flexibility index (Phi) is 25.6. The quantitative estimate of drug-likeness (QED) is 0.252. The van der Waals surface area contributed by atoms with E-state index in [4.69, 9.17) is 5.11 Å². The lowest BCUT2D eigenvalue weighted by atomic mass is 10.0. The molecule has 24 heavy (non-hydrogen) atoms. The summed E-state index contributed by atoms with van der Waals surface area (Å²) in [5, 5.41) is 12.2. The van der Waals surface area contributed by atoms with E-state index >= 15 is 0 Å². The van der Waals surface area contributed by atoms with Crippen molar-refractivity contribution in [1.29, 1.82) is 0 Å². The second-order valence-corrected chi connectivity index (χ2v) is 7.34. The summed E-state index contributed by atoms with van der Waals surface area (Å²) in [4.78, 5) is 0. The minimum atomic E-state index is 0. The molecule has 1 unspecified atom stereocenters. The molecular formula is C21H46ClNO. The zero-order valence-electron chi connectivity index (χ0n) is 16.7. The van der Waals surface area contributed by atoms with E-state index in [2.05, 4.69) is 12.2 Å². The Morgan fingerprint density at radius 2 is 0.958 bits per heavy atom. The van der Waals surface area contributed by atoms with E-state index in [0.717, 1.165) is 6.54 Å². The second-order valence-electron chi connectivity index (χ2n) is 7.34. The number of hydrogen-bond donors (Lipinski definition) is 2. The SMILES string of the molecule is CCCCCCCCCCCCCCCCCCNC(C)CO.Cl. The summed E-state index contributed by atoms with van der Waals surface area (Å²) in [7, 11) is 0. The number of aliphatic hydroxyl groups excluding tert-OH is 1. The molecule has 0 fully saturated rings. The van der Waals surface area contributed by atoms with E-state index in [9.17, 15) is 0 Å². The van der Waals surface area contributed by atoms with Gasteiger partial charge in [-0.3, -0.25) is 0 Å². The third kappa shape index (κ3) is 22.2. The Bertz CT molecular complexity index is 214. The fourth-order valence-corrected chi connectivity index (χ4v) is 3.09. The second kappa shape index (κ2) is 23.2. The van der Waals surface area contributed by atoms with Gasteiger partial charge in [0, 0.05) is 6.04 Å². The van der Waals surface area contributed by atoms with E-state index in [1.807, 2.05) is 6.92 Å². The van der Waals surface area contributed by atoms with Crippen molar-refractivity contribution in [3.05, 3.63) is 0 Å². The lowest BCUT2D eigenvalue weighted by Crippen LogP contribution is -2.29. The first-order chi connectivity index (χ1) is 11.3. The van der Waals surface area contributed by atoms with Crippen LogP contribution in [-0.4, -0.2) is 24.3 Å². The zero-order valence-corrected chi connectivity index (χ0v) is 17.5. The summed E-state index contributed by atoms with van der Waals surface area (Å²) < 4.78 is 0. The van der Waals surface area contributed by atoms with Crippen molar-refractivity contribution in [1.82, 2.24) is 5.32 Å². The van der Waals surface area contributed by atoms with Gasteiger partial charge in [-0.25, -0.2) is 0 Å². The summed E-state index contributed by atoms with van der Waals surface area (Å²) >= 11 is 0. The standard InChI is InChI=1S/C21H45NO.ClH/c1-3-4-5-6-7-8-9-10-11-12-13-14-15-16-17-18-19-22-21(2)20-23;/h21-23H,3-20H2,1-2H3;1H. The molecule has 2 N–H and O–H groups in total. The van der Waals surface area contributed by atoms with Gasteiger partial charge in [0.2, 0.25) is 0 Å². The fourth-order valence-electron chi connectivity index (χ4n) is 3.09. The highest BCUT2D eigenvalue weighted by atomic mass is 35.5. The van der Waals surface area contributed by atoms with E-state index in [0.29, 0.717) is 0 Å². The Morgan fingerprint density at radius 1 is 0.625 bits per heavy atom.